The third-order valence-electron chi connectivity index (χ3n) is 5.88. The lowest BCUT2D eigenvalue weighted by Gasteiger charge is -2.44. The second kappa shape index (κ2) is 13.0. The molecule has 0 radical (unpaired) electrons. The molecule has 0 heterocycles. The highest BCUT2D eigenvalue weighted by Gasteiger charge is 2.51. The number of carbonyl (C=O) groups is 1. The summed E-state index contributed by atoms with van der Waals surface area (Å²) < 4.78 is 7.12. The molecule has 192 valence electrons. The number of aliphatic hydroxyl groups is 1. The minimum absolute atomic E-state index is 0.139. The molecular formula is C30H44O3SSi. The lowest BCUT2D eigenvalue weighted by atomic mass is 10.1. The van der Waals surface area contributed by atoms with Crippen LogP contribution in [0, 0.1) is 0 Å². The van der Waals surface area contributed by atoms with Gasteiger partial charge in [-0.1, -0.05) is 126 Å². The van der Waals surface area contributed by atoms with E-state index in [1.807, 2.05) is 19.1 Å². The second-order valence-electron chi connectivity index (χ2n) is 11.3. The first-order chi connectivity index (χ1) is 16.3. The van der Waals surface area contributed by atoms with Crippen LogP contribution >= 0.6 is 11.8 Å². The second-order valence-corrected chi connectivity index (χ2v) is 17.5. The van der Waals surface area contributed by atoms with Crippen LogP contribution in [0.25, 0.3) is 0 Å². The Morgan fingerprint density at radius 3 is 1.91 bits per heavy atom. The van der Waals surface area contributed by atoms with Crippen molar-refractivity contribution in [2.24, 2.45) is 0 Å². The van der Waals surface area contributed by atoms with Gasteiger partial charge in [0.1, 0.15) is 0 Å². The van der Waals surface area contributed by atoms with Gasteiger partial charge in [-0.05, 0) is 41.6 Å². The molecule has 0 bridgehead atoms. The van der Waals surface area contributed by atoms with Crippen molar-refractivity contribution in [1.82, 2.24) is 0 Å². The number of carbonyl (C=O) groups excluding carboxylic acids is 1. The number of unbranched alkanes of at least 4 members (excludes halogenated alkanes) is 1. The SMILES string of the molecule is CC(O)CCC/C=C/C(CC(=O)SC(C)(C)C)O[Si](c1ccccc1)(c1ccccc1)C(C)(C)C. The van der Waals surface area contributed by atoms with Gasteiger partial charge in [-0.3, -0.25) is 4.79 Å². The van der Waals surface area contributed by atoms with E-state index in [9.17, 15) is 9.90 Å². The first kappa shape index (κ1) is 29.6. The van der Waals surface area contributed by atoms with Crippen LogP contribution in [0.1, 0.15) is 74.1 Å². The highest BCUT2D eigenvalue weighted by atomic mass is 32.2. The van der Waals surface area contributed by atoms with Gasteiger partial charge in [0.2, 0.25) is 0 Å². The van der Waals surface area contributed by atoms with E-state index in [0.717, 1.165) is 19.3 Å². The quantitative estimate of drug-likeness (QED) is 0.212. The average Bonchev–Trinajstić information content (AvgIpc) is 2.75. The van der Waals surface area contributed by atoms with E-state index in [4.69, 9.17) is 4.43 Å². The molecule has 35 heavy (non-hydrogen) atoms. The van der Waals surface area contributed by atoms with E-state index in [2.05, 4.69) is 102 Å². The maximum atomic E-state index is 13.1. The van der Waals surface area contributed by atoms with Crippen LogP contribution in [-0.4, -0.2) is 35.5 Å². The summed E-state index contributed by atoms with van der Waals surface area (Å²) in [5, 5.41) is 12.0. The molecule has 0 saturated carbocycles. The molecule has 2 rings (SSSR count). The lowest BCUT2D eigenvalue weighted by Crippen LogP contribution is -2.67. The summed E-state index contributed by atoms with van der Waals surface area (Å²) in [7, 11) is -2.78. The van der Waals surface area contributed by atoms with Gasteiger partial charge >= 0.3 is 0 Å². The van der Waals surface area contributed by atoms with Crippen molar-refractivity contribution in [3.8, 4) is 0 Å². The van der Waals surface area contributed by atoms with Gasteiger partial charge in [0.05, 0.1) is 12.2 Å². The molecule has 0 fully saturated rings. The third-order valence-corrected chi connectivity index (χ3v) is 11.9. The number of thioether (sulfide) groups is 1. The van der Waals surface area contributed by atoms with Crippen molar-refractivity contribution in [2.45, 2.75) is 96.1 Å². The molecule has 5 heteroatoms. The Bertz CT molecular complexity index is 888. The molecule has 1 N–H and O–H groups in total. The molecule has 0 amide bonds. The molecule has 3 nitrogen and oxygen atoms in total. The Morgan fingerprint density at radius 1 is 0.971 bits per heavy atom. The first-order valence-electron chi connectivity index (χ1n) is 12.7. The van der Waals surface area contributed by atoms with Crippen molar-refractivity contribution in [1.29, 1.82) is 0 Å². The lowest BCUT2D eigenvalue weighted by molar-refractivity contribution is -0.112. The number of benzene rings is 2. The number of rotatable bonds is 11. The smallest absolute Gasteiger partial charge is 0.261 e. The molecule has 0 aliphatic carbocycles. The van der Waals surface area contributed by atoms with Gasteiger partial charge in [-0.25, -0.2) is 0 Å². The van der Waals surface area contributed by atoms with E-state index in [1.165, 1.54) is 22.1 Å². The fraction of sp³-hybridized carbons (Fsp3) is 0.500. The van der Waals surface area contributed by atoms with E-state index in [1.54, 1.807) is 0 Å². The average molecular weight is 513 g/mol. The Hall–Kier alpha value is -1.66. The zero-order valence-corrected chi connectivity index (χ0v) is 24.4. The number of hydrogen-bond donors (Lipinski definition) is 1. The van der Waals surface area contributed by atoms with Crippen molar-refractivity contribution in [3.63, 3.8) is 0 Å². The van der Waals surface area contributed by atoms with Gasteiger partial charge in [0.15, 0.2) is 5.12 Å². The Labute approximate surface area is 218 Å². The number of allylic oxidation sites excluding steroid dienone is 1. The largest absolute Gasteiger partial charge is 0.401 e. The van der Waals surface area contributed by atoms with E-state index in [-0.39, 0.29) is 27.1 Å². The van der Waals surface area contributed by atoms with Crippen molar-refractivity contribution >= 4 is 35.6 Å². The maximum Gasteiger partial charge on any atom is 0.261 e. The third kappa shape index (κ3) is 9.05. The standard InChI is InChI=1S/C30H44O3SSi/c1-24(31)17-11-8-12-18-25(23-28(32)34-29(2,3)4)33-35(30(5,6)7,26-19-13-9-14-20-26)27-21-15-10-16-22-27/h9-10,12-16,18-22,24-25,31H,8,11,17,23H2,1-7H3/b18-12+. The Morgan fingerprint density at radius 2 is 1.49 bits per heavy atom. The fourth-order valence-electron chi connectivity index (χ4n) is 4.39. The summed E-state index contributed by atoms with van der Waals surface area (Å²) in [6.45, 7) is 14.8. The summed E-state index contributed by atoms with van der Waals surface area (Å²) in [5.41, 5.74) is 0. The Kier molecular flexibility index (Phi) is 11.0. The van der Waals surface area contributed by atoms with Crippen molar-refractivity contribution in [3.05, 3.63) is 72.8 Å². The summed E-state index contributed by atoms with van der Waals surface area (Å²) in [6.07, 6.45) is 6.45. The first-order valence-corrected chi connectivity index (χ1v) is 15.4. The van der Waals surface area contributed by atoms with Crippen molar-refractivity contribution in [2.75, 3.05) is 0 Å². The molecule has 0 aliphatic rings. The topological polar surface area (TPSA) is 46.5 Å². The molecule has 0 aliphatic heterocycles. The van der Waals surface area contributed by atoms with Gasteiger partial charge in [-0.15, -0.1) is 0 Å². The van der Waals surface area contributed by atoms with Gasteiger partial charge in [-0.2, -0.15) is 0 Å². The van der Waals surface area contributed by atoms with Crippen LogP contribution in [0.15, 0.2) is 72.8 Å². The zero-order valence-electron chi connectivity index (χ0n) is 22.6. The van der Waals surface area contributed by atoms with Crippen LogP contribution in [0.4, 0.5) is 0 Å². The number of hydrogen-bond acceptors (Lipinski definition) is 4. The van der Waals surface area contributed by atoms with Gasteiger partial charge in [0, 0.05) is 11.2 Å². The van der Waals surface area contributed by atoms with Crippen LogP contribution in [0.2, 0.25) is 5.04 Å². The van der Waals surface area contributed by atoms with Crippen LogP contribution in [-0.2, 0) is 9.22 Å². The maximum absolute atomic E-state index is 13.1. The molecule has 2 aromatic rings. The number of aliphatic hydroxyl groups excluding tert-OH is 1. The molecular weight excluding hydrogens is 468 g/mol. The highest BCUT2D eigenvalue weighted by Crippen LogP contribution is 2.38. The summed E-state index contributed by atoms with van der Waals surface area (Å²) >= 11 is 1.39. The normalized spacial score (nSPS) is 14.7. The summed E-state index contributed by atoms with van der Waals surface area (Å²) in [5.74, 6) is 0. The van der Waals surface area contributed by atoms with Crippen LogP contribution < -0.4 is 10.4 Å². The van der Waals surface area contributed by atoms with Crippen molar-refractivity contribution < 1.29 is 14.3 Å². The van der Waals surface area contributed by atoms with Gasteiger partial charge < -0.3 is 9.53 Å². The zero-order chi connectivity index (χ0) is 26.1. The van der Waals surface area contributed by atoms with Crippen LogP contribution in [0.5, 0.6) is 0 Å². The summed E-state index contributed by atoms with van der Waals surface area (Å²) in [6, 6.07) is 21.1. The molecule has 0 spiro atoms. The molecule has 2 aromatic carbocycles. The van der Waals surface area contributed by atoms with E-state index < -0.39 is 8.32 Å². The monoisotopic (exact) mass is 512 g/mol. The Balaban J connectivity index is 2.51. The highest BCUT2D eigenvalue weighted by molar-refractivity contribution is 8.14. The fourth-order valence-corrected chi connectivity index (χ4v) is 9.96. The van der Waals surface area contributed by atoms with E-state index in [0.29, 0.717) is 6.42 Å². The molecule has 0 aromatic heterocycles. The molecule has 0 saturated heterocycles. The minimum Gasteiger partial charge on any atom is -0.401 e. The van der Waals surface area contributed by atoms with E-state index >= 15 is 0 Å². The molecule has 2 unspecified atom stereocenters. The predicted molar refractivity (Wildman–Crippen MR) is 154 cm³/mol. The predicted octanol–water partition coefficient (Wildman–Crippen LogP) is 6.49. The van der Waals surface area contributed by atoms with Gasteiger partial charge in [0.25, 0.3) is 8.32 Å². The van der Waals surface area contributed by atoms with Crippen LogP contribution in [0.3, 0.4) is 0 Å². The summed E-state index contributed by atoms with van der Waals surface area (Å²) in [4.78, 5) is 13.1. The minimum atomic E-state index is -2.78. The molecule has 2 atom stereocenters.